The second-order valence-electron chi connectivity index (χ2n) is 6.84. The minimum absolute atomic E-state index is 0.106. The van der Waals surface area contributed by atoms with Gasteiger partial charge in [0.2, 0.25) is 0 Å². The summed E-state index contributed by atoms with van der Waals surface area (Å²) in [6.45, 7) is 1.70. The van der Waals surface area contributed by atoms with Gasteiger partial charge in [-0.05, 0) is 12.1 Å². The van der Waals surface area contributed by atoms with E-state index in [9.17, 15) is 14.4 Å². The average Bonchev–Trinajstić information content (AvgIpc) is 3.33. The third-order valence-electron chi connectivity index (χ3n) is 5.06. The van der Waals surface area contributed by atoms with Crippen molar-refractivity contribution in [2.75, 3.05) is 26.2 Å². The van der Waals surface area contributed by atoms with E-state index in [-0.39, 0.29) is 17.6 Å². The van der Waals surface area contributed by atoms with Gasteiger partial charge in [0.1, 0.15) is 6.26 Å². The third kappa shape index (κ3) is 3.82. The van der Waals surface area contributed by atoms with E-state index >= 15 is 0 Å². The van der Waals surface area contributed by atoms with Gasteiger partial charge in [-0.15, -0.1) is 0 Å². The number of benzene rings is 2. The molecule has 4 rings (SSSR count). The summed E-state index contributed by atoms with van der Waals surface area (Å²) in [7, 11) is 0. The zero-order valence-electron chi connectivity index (χ0n) is 15.8. The normalized spacial score (nSPS) is 13.9. The van der Waals surface area contributed by atoms with Crippen molar-refractivity contribution in [2.45, 2.75) is 0 Å². The predicted molar refractivity (Wildman–Crippen MR) is 107 cm³/mol. The highest BCUT2D eigenvalue weighted by molar-refractivity contribution is 6.15. The van der Waals surface area contributed by atoms with E-state index in [0.717, 1.165) is 0 Å². The number of rotatable bonds is 4. The Morgan fingerprint density at radius 1 is 0.655 bits per heavy atom. The molecule has 2 aromatic carbocycles. The second-order valence-corrected chi connectivity index (χ2v) is 6.84. The van der Waals surface area contributed by atoms with Crippen LogP contribution in [0.3, 0.4) is 0 Å². The Hall–Kier alpha value is -3.67. The van der Waals surface area contributed by atoms with Gasteiger partial charge in [-0.3, -0.25) is 14.4 Å². The van der Waals surface area contributed by atoms with Crippen molar-refractivity contribution in [2.24, 2.45) is 0 Å². The van der Waals surface area contributed by atoms with Gasteiger partial charge in [-0.1, -0.05) is 48.5 Å². The molecule has 0 saturated carbocycles. The number of carbonyl (C=O) groups is 3. The summed E-state index contributed by atoms with van der Waals surface area (Å²) in [5, 5.41) is 0. The molecule has 2 amide bonds. The minimum Gasteiger partial charge on any atom is -0.472 e. The van der Waals surface area contributed by atoms with Gasteiger partial charge in [0.15, 0.2) is 5.78 Å². The van der Waals surface area contributed by atoms with Gasteiger partial charge in [-0.25, -0.2) is 0 Å². The smallest absolute Gasteiger partial charge is 0.257 e. The summed E-state index contributed by atoms with van der Waals surface area (Å²) in [5.74, 6) is -0.478. The Kier molecular flexibility index (Phi) is 5.24. The van der Waals surface area contributed by atoms with Crippen LogP contribution in [-0.2, 0) is 0 Å². The summed E-state index contributed by atoms with van der Waals surface area (Å²) in [6.07, 6.45) is 2.89. The molecular weight excluding hydrogens is 368 g/mol. The SMILES string of the molecule is O=C(c1ccccc1)c1ccccc1C(=O)N1CCN(C(=O)c2ccoc2)CC1. The number of piperazine rings is 1. The molecule has 29 heavy (non-hydrogen) atoms. The van der Waals surface area contributed by atoms with Crippen molar-refractivity contribution in [3.63, 3.8) is 0 Å². The van der Waals surface area contributed by atoms with Crippen LogP contribution in [0.25, 0.3) is 0 Å². The number of ketones is 1. The quantitative estimate of drug-likeness (QED) is 0.644. The van der Waals surface area contributed by atoms with Gasteiger partial charge in [0, 0.05) is 37.3 Å². The monoisotopic (exact) mass is 388 g/mol. The van der Waals surface area contributed by atoms with E-state index in [0.29, 0.717) is 48.4 Å². The van der Waals surface area contributed by atoms with Gasteiger partial charge in [0.05, 0.1) is 17.4 Å². The van der Waals surface area contributed by atoms with Crippen LogP contribution in [-0.4, -0.2) is 53.6 Å². The lowest BCUT2D eigenvalue weighted by Gasteiger charge is -2.34. The maximum absolute atomic E-state index is 13.1. The lowest BCUT2D eigenvalue weighted by atomic mass is 9.97. The highest BCUT2D eigenvalue weighted by Gasteiger charge is 2.28. The number of nitrogens with zero attached hydrogens (tertiary/aromatic N) is 2. The first-order valence-corrected chi connectivity index (χ1v) is 9.44. The van der Waals surface area contributed by atoms with Gasteiger partial charge < -0.3 is 14.2 Å². The molecule has 0 unspecified atom stereocenters. The van der Waals surface area contributed by atoms with Gasteiger partial charge >= 0.3 is 0 Å². The van der Waals surface area contributed by atoms with E-state index < -0.39 is 0 Å². The Bertz CT molecular complexity index is 1020. The summed E-state index contributed by atoms with van der Waals surface area (Å²) < 4.78 is 4.97. The van der Waals surface area contributed by atoms with Crippen LogP contribution in [0, 0.1) is 0 Å². The number of amides is 2. The predicted octanol–water partition coefficient (Wildman–Crippen LogP) is 3.11. The molecule has 1 aliphatic rings. The summed E-state index contributed by atoms with van der Waals surface area (Å²) in [6, 6.07) is 17.4. The molecule has 0 atom stereocenters. The molecule has 146 valence electrons. The summed E-state index contributed by atoms with van der Waals surface area (Å²) in [4.78, 5) is 41.8. The van der Waals surface area contributed by atoms with Crippen molar-refractivity contribution in [3.05, 3.63) is 95.4 Å². The van der Waals surface area contributed by atoms with Crippen molar-refractivity contribution in [1.82, 2.24) is 9.80 Å². The Morgan fingerprint density at radius 2 is 1.24 bits per heavy atom. The molecule has 0 spiro atoms. The highest BCUT2D eigenvalue weighted by Crippen LogP contribution is 2.18. The second kappa shape index (κ2) is 8.14. The zero-order valence-corrected chi connectivity index (χ0v) is 15.8. The molecule has 2 heterocycles. The van der Waals surface area contributed by atoms with Crippen molar-refractivity contribution in [1.29, 1.82) is 0 Å². The number of hydrogen-bond acceptors (Lipinski definition) is 4. The third-order valence-corrected chi connectivity index (χ3v) is 5.06. The fraction of sp³-hybridized carbons (Fsp3) is 0.174. The number of carbonyl (C=O) groups excluding carboxylic acids is 3. The van der Waals surface area contributed by atoms with Crippen LogP contribution in [0.4, 0.5) is 0 Å². The molecule has 1 aliphatic heterocycles. The number of furan rings is 1. The van der Waals surface area contributed by atoms with Crippen LogP contribution in [0.1, 0.15) is 36.6 Å². The Morgan fingerprint density at radius 3 is 1.86 bits per heavy atom. The minimum atomic E-state index is -0.194. The first-order chi connectivity index (χ1) is 14.1. The summed E-state index contributed by atoms with van der Waals surface area (Å²) in [5.41, 5.74) is 1.82. The molecule has 6 heteroatoms. The topological polar surface area (TPSA) is 70.8 Å². The van der Waals surface area contributed by atoms with Crippen molar-refractivity contribution in [3.8, 4) is 0 Å². The molecule has 1 saturated heterocycles. The van der Waals surface area contributed by atoms with Crippen molar-refractivity contribution < 1.29 is 18.8 Å². The first-order valence-electron chi connectivity index (χ1n) is 9.44. The number of hydrogen-bond donors (Lipinski definition) is 0. The lowest BCUT2D eigenvalue weighted by Crippen LogP contribution is -2.50. The van der Waals surface area contributed by atoms with E-state index in [1.807, 2.05) is 6.07 Å². The van der Waals surface area contributed by atoms with Crippen LogP contribution in [0.2, 0.25) is 0 Å². The molecule has 3 aromatic rings. The lowest BCUT2D eigenvalue weighted by molar-refractivity contribution is 0.0534. The van der Waals surface area contributed by atoms with Gasteiger partial charge in [-0.2, -0.15) is 0 Å². The maximum Gasteiger partial charge on any atom is 0.257 e. The van der Waals surface area contributed by atoms with Crippen LogP contribution in [0.5, 0.6) is 0 Å². The highest BCUT2D eigenvalue weighted by atomic mass is 16.3. The molecule has 1 fully saturated rings. The van der Waals surface area contributed by atoms with Crippen LogP contribution in [0.15, 0.2) is 77.6 Å². The average molecular weight is 388 g/mol. The van der Waals surface area contributed by atoms with E-state index in [1.165, 1.54) is 12.5 Å². The molecule has 0 aliphatic carbocycles. The molecule has 0 N–H and O–H groups in total. The molecular formula is C23H20N2O4. The van der Waals surface area contributed by atoms with E-state index in [4.69, 9.17) is 4.42 Å². The maximum atomic E-state index is 13.1. The fourth-order valence-corrected chi connectivity index (χ4v) is 3.46. The van der Waals surface area contributed by atoms with Crippen LogP contribution < -0.4 is 0 Å². The Balaban J connectivity index is 1.48. The largest absolute Gasteiger partial charge is 0.472 e. The van der Waals surface area contributed by atoms with E-state index in [2.05, 4.69) is 0 Å². The van der Waals surface area contributed by atoms with Crippen molar-refractivity contribution >= 4 is 17.6 Å². The standard InChI is InChI=1S/C23H20N2O4/c26-21(17-6-2-1-3-7-17)19-8-4-5-9-20(19)23(28)25-13-11-24(12-14-25)22(27)18-10-15-29-16-18/h1-10,15-16H,11-14H2. The van der Waals surface area contributed by atoms with Crippen LogP contribution >= 0.6 is 0 Å². The molecule has 0 radical (unpaired) electrons. The first kappa shape index (κ1) is 18.7. The van der Waals surface area contributed by atoms with Gasteiger partial charge in [0.25, 0.3) is 11.8 Å². The zero-order chi connectivity index (χ0) is 20.2. The molecule has 6 nitrogen and oxygen atoms in total. The molecule has 1 aromatic heterocycles. The summed E-state index contributed by atoms with van der Waals surface area (Å²) >= 11 is 0. The fourth-order valence-electron chi connectivity index (χ4n) is 3.46. The Labute approximate surface area is 168 Å². The molecule has 0 bridgehead atoms. The van der Waals surface area contributed by atoms with E-state index in [1.54, 1.807) is 64.4 Å².